The Bertz CT molecular complexity index is 104. The van der Waals surface area contributed by atoms with Crippen LogP contribution in [0.15, 0.2) is 0 Å². The summed E-state index contributed by atoms with van der Waals surface area (Å²) in [6, 6.07) is 0.540. The molecule has 0 fully saturated rings. The molecule has 0 saturated carbocycles. The zero-order valence-electron chi connectivity index (χ0n) is 9.60. The van der Waals surface area contributed by atoms with Crippen molar-refractivity contribution in [3.8, 4) is 0 Å². The molecule has 0 aliphatic carbocycles. The van der Waals surface area contributed by atoms with Crippen LogP contribution in [0.2, 0.25) is 0 Å². The minimum absolute atomic E-state index is 0.540. The third-order valence-corrected chi connectivity index (χ3v) is 1.95. The fourth-order valence-electron chi connectivity index (χ4n) is 1.12. The first-order valence-electron chi connectivity index (χ1n) is 5.51. The monoisotopic (exact) mass is 187 g/mol. The van der Waals surface area contributed by atoms with E-state index in [4.69, 9.17) is 4.74 Å². The van der Waals surface area contributed by atoms with Gasteiger partial charge in [0, 0.05) is 12.6 Å². The largest absolute Gasteiger partial charge is 0.380 e. The van der Waals surface area contributed by atoms with Gasteiger partial charge in [0.25, 0.3) is 0 Å². The topological polar surface area (TPSA) is 21.3 Å². The Labute approximate surface area is 83.1 Å². The molecule has 0 bridgehead atoms. The summed E-state index contributed by atoms with van der Waals surface area (Å²) < 4.78 is 5.58. The standard InChI is InChI=1S/C11H25NO/c1-5-7-12-11(6-2)9-13-8-10(3)4/h10-12H,5-9H2,1-4H3. The third kappa shape index (κ3) is 8.26. The molecule has 0 aromatic heterocycles. The van der Waals surface area contributed by atoms with Crippen LogP contribution in [0.4, 0.5) is 0 Å². The van der Waals surface area contributed by atoms with Crippen LogP contribution >= 0.6 is 0 Å². The minimum atomic E-state index is 0.540. The highest BCUT2D eigenvalue weighted by Gasteiger charge is 2.04. The molecule has 0 rings (SSSR count). The number of rotatable bonds is 8. The molecule has 0 aromatic rings. The molecule has 13 heavy (non-hydrogen) atoms. The zero-order valence-corrected chi connectivity index (χ0v) is 9.60. The molecule has 1 unspecified atom stereocenters. The molecule has 0 saturated heterocycles. The predicted octanol–water partition coefficient (Wildman–Crippen LogP) is 2.44. The Morgan fingerprint density at radius 3 is 2.31 bits per heavy atom. The van der Waals surface area contributed by atoms with E-state index in [1.54, 1.807) is 0 Å². The number of hydrogen-bond acceptors (Lipinski definition) is 2. The van der Waals surface area contributed by atoms with Crippen molar-refractivity contribution < 1.29 is 4.74 Å². The highest BCUT2D eigenvalue weighted by Crippen LogP contribution is 1.96. The minimum Gasteiger partial charge on any atom is -0.380 e. The molecule has 0 radical (unpaired) electrons. The van der Waals surface area contributed by atoms with Crippen molar-refractivity contribution in [1.82, 2.24) is 5.32 Å². The fraction of sp³-hybridized carbons (Fsp3) is 1.00. The second-order valence-corrected chi connectivity index (χ2v) is 3.99. The number of ether oxygens (including phenoxy) is 1. The van der Waals surface area contributed by atoms with Gasteiger partial charge in [0.1, 0.15) is 0 Å². The molecule has 2 heteroatoms. The van der Waals surface area contributed by atoms with Gasteiger partial charge in [0.2, 0.25) is 0 Å². The summed E-state index contributed by atoms with van der Waals surface area (Å²) in [7, 11) is 0. The number of hydrogen-bond donors (Lipinski definition) is 1. The van der Waals surface area contributed by atoms with Crippen molar-refractivity contribution in [2.24, 2.45) is 5.92 Å². The van der Waals surface area contributed by atoms with Gasteiger partial charge < -0.3 is 10.1 Å². The fourth-order valence-corrected chi connectivity index (χ4v) is 1.12. The van der Waals surface area contributed by atoms with Crippen LogP contribution in [0.5, 0.6) is 0 Å². The first kappa shape index (κ1) is 12.9. The Balaban J connectivity index is 3.36. The molecule has 1 N–H and O–H groups in total. The van der Waals surface area contributed by atoms with Gasteiger partial charge >= 0.3 is 0 Å². The first-order valence-corrected chi connectivity index (χ1v) is 5.51. The van der Waals surface area contributed by atoms with E-state index in [1.165, 1.54) is 6.42 Å². The molecule has 0 aromatic carbocycles. The van der Waals surface area contributed by atoms with Crippen LogP contribution in [0.1, 0.15) is 40.5 Å². The van der Waals surface area contributed by atoms with E-state index in [2.05, 4.69) is 33.0 Å². The van der Waals surface area contributed by atoms with E-state index < -0.39 is 0 Å². The van der Waals surface area contributed by atoms with Crippen molar-refractivity contribution in [2.75, 3.05) is 19.8 Å². The van der Waals surface area contributed by atoms with Crippen LogP contribution in [0, 0.1) is 5.92 Å². The van der Waals surface area contributed by atoms with Gasteiger partial charge in [-0.1, -0.05) is 27.7 Å². The molecule has 0 heterocycles. The van der Waals surface area contributed by atoms with E-state index in [1.807, 2.05) is 0 Å². The Hall–Kier alpha value is -0.0800. The summed E-state index contributed by atoms with van der Waals surface area (Å²) >= 11 is 0. The molecular weight excluding hydrogens is 162 g/mol. The van der Waals surface area contributed by atoms with E-state index in [0.717, 1.165) is 26.2 Å². The summed E-state index contributed by atoms with van der Waals surface area (Å²) in [6.45, 7) is 11.6. The average Bonchev–Trinajstić information content (AvgIpc) is 2.10. The molecule has 0 amide bonds. The van der Waals surface area contributed by atoms with E-state index in [-0.39, 0.29) is 0 Å². The van der Waals surface area contributed by atoms with Crippen LogP contribution in [-0.4, -0.2) is 25.8 Å². The Kier molecular flexibility index (Phi) is 8.46. The lowest BCUT2D eigenvalue weighted by Crippen LogP contribution is -2.33. The van der Waals surface area contributed by atoms with Gasteiger partial charge in [0.05, 0.1) is 6.61 Å². The van der Waals surface area contributed by atoms with E-state index in [0.29, 0.717) is 12.0 Å². The lowest BCUT2D eigenvalue weighted by atomic mass is 10.2. The Morgan fingerprint density at radius 2 is 1.85 bits per heavy atom. The average molecular weight is 187 g/mol. The Morgan fingerprint density at radius 1 is 1.15 bits per heavy atom. The summed E-state index contributed by atoms with van der Waals surface area (Å²) in [5.41, 5.74) is 0. The molecule has 0 spiro atoms. The molecule has 0 aliphatic rings. The summed E-state index contributed by atoms with van der Waals surface area (Å²) in [4.78, 5) is 0. The molecule has 0 aliphatic heterocycles. The second-order valence-electron chi connectivity index (χ2n) is 3.99. The maximum Gasteiger partial charge on any atom is 0.0619 e. The van der Waals surface area contributed by atoms with E-state index in [9.17, 15) is 0 Å². The van der Waals surface area contributed by atoms with Crippen LogP contribution in [0.3, 0.4) is 0 Å². The van der Waals surface area contributed by atoms with Gasteiger partial charge in [-0.3, -0.25) is 0 Å². The summed E-state index contributed by atoms with van der Waals surface area (Å²) in [5.74, 6) is 0.642. The normalized spacial score (nSPS) is 13.6. The second kappa shape index (κ2) is 8.52. The van der Waals surface area contributed by atoms with Crippen LogP contribution in [-0.2, 0) is 4.74 Å². The molecule has 1 atom stereocenters. The highest BCUT2D eigenvalue weighted by molar-refractivity contribution is 4.63. The van der Waals surface area contributed by atoms with Crippen LogP contribution < -0.4 is 5.32 Å². The quantitative estimate of drug-likeness (QED) is 0.630. The maximum atomic E-state index is 5.58. The molecule has 2 nitrogen and oxygen atoms in total. The van der Waals surface area contributed by atoms with Crippen molar-refractivity contribution in [1.29, 1.82) is 0 Å². The smallest absolute Gasteiger partial charge is 0.0619 e. The van der Waals surface area contributed by atoms with Gasteiger partial charge in [-0.15, -0.1) is 0 Å². The summed E-state index contributed by atoms with van der Waals surface area (Å²) in [6.07, 6.45) is 2.35. The maximum absolute atomic E-state index is 5.58. The molecular formula is C11H25NO. The van der Waals surface area contributed by atoms with Crippen LogP contribution in [0.25, 0.3) is 0 Å². The first-order chi connectivity index (χ1) is 6.20. The zero-order chi connectivity index (χ0) is 10.1. The third-order valence-electron chi connectivity index (χ3n) is 1.95. The van der Waals surface area contributed by atoms with E-state index >= 15 is 0 Å². The van der Waals surface area contributed by atoms with Gasteiger partial charge in [-0.2, -0.15) is 0 Å². The molecule has 80 valence electrons. The predicted molar refractivity (Wildman–Crippen MR) is 58.0 cm³/mol. The highest BCUT2D eigenvalue weighted by atomic mass is 16.5. The van der Waals surface area contributed by atoms with Gasteiger partial charge in [0.15, 0.2) is 0 Å². The summed E-state index contributed by atoms with van der Waals surface area (Å²) in [5, 5.41) is 3.47. The van der Waals surface area contributed by atoms with Crippen molar-refractivity contribution >= 4 is 0 Å². The SMILES string of the molecule is CCCNC(CC)COCC(C)C. The lowest BCUT2D eigenvalue weighted by Gasteiger charge is -2.17. The van der Waals surface area contributed by atoms with Gasteiger partial charge in [-0.25, -0.2) is 0 Å². The van der Waals surface area contributed by atoms with Gasteiger partial charge in [-0.05, 0) is 25.3 Å². The van der Waals surface area contributed by atoms with Crippen molar-refractivity contribution in [2.45, 2.75) is 46.6 Å². The van der Waals surface area contributed by atoms with Crippen molar-refractivity contribution in [3.05, 3.63) is 0 Å². The lowest BCUT2D eigenvalue weighted by molar-refractivity contribution is 0.0892. The number of nitrogens with one attached hydrogen (secondary N) is 1. The van der Waals surface area contributed by atoms with Crippen molar-refractivity contribution in [3.63, 3.8) is 0 Å².